The van der Waals surface area contributed by atoms with Crippen LogP contribution >= 0.6 is 0 Å². The highest BCUT2D eigenvalue weighted by Crippen LogP contribution is 2.39. The lowest BCUT2D eigenvalue weighted by atomic mass is 9.71. The van der Waals surface area contributed by atoms with Gasteiger partial charge in [-0.15, -0.1) is 0 Å². The summed E-state index contributed by atoms with van der Waals surface area (Å²) >= 11 is 0. The first-order valence-corrected chi connectivity index (χ1v) is 5.56. The molecule has 0 aliphatic heterocycles. The minimum absolute atomic E-state index is 0.221. The average molecular weight is 182 g/mol. The quantitative estimate of drug-likeness (QED) is 0.652. The van der Waals surface area contributed by atoms with E-state index in [2.05, 4.69) is 6.92 Å². The van der Waals surface area contributed by atoms with E-state index in [0.717, 1.165) is 6.42 Å². The van der Waals surface area contributed by atoms with E-state index < -0.39 is 0 Å². The van der Waals surface area contributed by atoms with Gasteiger partial charge in [0.15, 0.2) is 0 Å². The summed E-state index contributed by atoms with van der Waals surface area (Å²) in [6.07, 6.45) is 7.33. The summed E-state index contributed by atoms with van der Waals surface area (Å²) in [6, 6.07) is 0. The molecule has 1 heteroatoms. The minimum Gasteiger partial charge on any atom is -0.299 e. The first kappa shape index (κ1) is 10.7. The van der Waals surface area contributed by atoms with Gasteiger partial charge in [0.2, 0.25) is 0 Å². The van der Waals surface area contributed by atoms with Crippen molar-refractivity contribution in [2.75, 3.05) is 0 Å². The summed E-state index contributed by atoms with van der Waals surface area (Å²) in [7, 11) is 0. The van der Waals surface area contributed by atoms with Crippen molar-refractivity contribution < 1.29 is 4.79 Å². The number of rotatable bonds is 3. The Balaban J connectivity index is 2.45. The van der Waals surface area contributed by atoms with Crippen molar-refractivity contribution in [2.45, 2.75) is 59.3 Å². The van der Waals surface area contributed by atoms with Gasteiger partial charge in [0.1, 0.15) is 5.78 Å². The van der Waals surface area contributed by atoms with Crippen LogP contribution < -0.4 is 0 Å². The van der Waals surface area contributed by atoms with E-state index in [1.165, 1.54) is 32.1 Å². The van der Waals surface area contributed by atoms with Crippen LogP contribution in [0, 0.1) is 11.3 Å². The first-order valence-electron chi connectivity index (χ1n) is 5.56. The van der Waals surface area contributed by atoms with E-state index in [0.29, 0.717) is 11.2 Å². The third kappa shape index (κ3) is 3.13. The van der Waals surface area contributed by atoms with Crippen molar-refractivity contribution in [1.82, 2.24) is 0 Å². The fraction of sp³-hybridized carbons (Fsp3) is 0.917. The Kier molecular flexibility index (Phi) is 3.52. The van der Waals surface area contributed by atoms with Gasteiger partial charge >= 0.3 is 0 Å². The molecule has 0 unspecified atom stereocenters. The van der Waals surface area contributed by atoms with Gasteiger partial charge in [-0.3, -0.25) is 4.79 Å². The minimum atomic E-state index is 0.221. The fourth-order valence-electron chi connectivity index (χ4n) is 2.21. The van der Waals surface area contributed by atoms with E-state index in [1.54, 1.807) is 0 Å². The third-order valence-corrected chi connectivity index (χ3v) is 3.31. The van der Waals surface area contributed by atoms with Gasteiger partial charge < -0.3 is 0 Å². The van der Waals surface area contributed by atoms with E-state index in [9.17, 15) is 4.79 Å². The molecule has 1 rings (SSSR count). The van der Waals surface area contributed by atoms with Crippen LogP contribution in [0.1, 0.15) is 59.3 Å². The molecule has 1 saturated carbocycles. The highest BCUT2D eigenvalue weighted by Gasteiger charge is 2.29. The zero-order valence-electron chi connectivity index (χ0n) is 9.23. The molecular formula is C12H22O. The van der Waals surface area contributed by atoms with Crippen LogP contribution in [0.15, 0.2) is 0 Å². The molecule has 0 amide bonds. The number of hydrogen-bond acceptors (Lipinski definition) is 1. The standard InChI is InChI=1S/C12H22O/c1-10(2)11(13)9-12(3)7-5-4-6-8-12/h10H,4-9H2,1-3H3. The molecule has 0 saturated heterocycles. The first-order chi connectivity index (χ1) is 6.03. The van der Waals surface area contributed by atoms with Gasteiger partial charge in [0.25, 0.3) is 0 Å². The van der Waals surface area contributed by atoms with Crippen LogP contribution in [0.5, 0.6) is 0 Å². The van der Waals surface area contributed by atoms with Crippen LogP contribution in [0.4, 0.5) is 0 Å². The normalized spacial score (nSPS) is 21.8. The molecule has 0 atom stereocenters. The van der Waals surface area contributed by atoms with Gasteiger partial charge in [-0.25, -0.2) is 0 Å². The SMILES string of the molecule is CC(C)C(=O)CC1(C)CCCCC1. The van der Waals surface area contributed by atoms with Crippen LogP contribution in [0.2, 0.25) is 0 Å². The van der Waals surface area contributed by atoms with Gasteiger partial charge in [-0.05, 0) is 18.3 Å². The Bertz CT molecular complexity index is 176. The maximum Gasteiger partial charge on any atom is 0.135 e. The molecular weight excluding hydrogens is 160 g/mol. The smallest absolute Gasteiger partial charge is 0.135 e. The molecule has 0 heterocycles. The lowest BCUT2D eigenvalue weighted by molar-refractivity contribution is -0.124. The topological polar surface area (TPSA) is 17.1 Å². The number of Topliss-reactive ketones (excluding diaryl/α,β-unsaturated/α-hetero) is 1. The van der Waals surface area contributed by atoms with Gasteiger partial charge in [0.05, 0.1) is 0 Å². The second-order valence-electron chi connectivity index (χ2n) is 5.17. The summed E-state index contributed by atoms with van der Waals surface area (Å²) in [5.41, 5.74) is 0.333. The second-order valence-corrected chi connectivity index (χ2v) is 5.17. The molecule has 0 aromatic rings. The average Bonchev–Trinajstić information content (AvgIpc) is 2.04. The van der Waals surface area contributed by atoms with Crippen molar-refractivity contribution in [3.8, 4) is 0 Å². The molecule has 0 N–H and O–H groups in total. The molecule has 1 aliphatic carbocycles. The molecule has 0 aromatic carbocycles. The Hall–Kier alpha value is -0.330. The highest BCUT2D eigenvalue weighted by molar-refractivity contribution is 5.80. The zero-order valence-corrected chi connectivity index (χ0v) is 9.23. The summed E-state index contributed by atoms with van der Waals surface area (Å²) in [6.45, 7) is 6.30. The summed E-state index contributed by atoms with van der Waals surface area (Å²) in [4.78, 5) is 11.6. The lowest BCUT2D eigenvalue weighted by Gasteiger charge is -2.33. The maximum atomic E-state index is 11.6. The lowest BCUT2D eigenvalue weighted by Crippen LogP contribution is -2.25. The molecule has 1 aliphatic rings. The van der Waals surface area contributed by atoms with Gasteiger partial charge in [-0.2, -0.15) is 0 Å². The number of hydrogen-bond donors (Lipinski definition) is 0. The Morgan fingerprint density at radius 2 is 1.77 bits per heavy atom. The van der Waals surface area contributed by atoms with Crippen molar-refractivity contribution in [1.29, 1.82) is 0 Å². The fourth-order valence-corrected chi connectivity index (χ4v) is 2.21. The van der Waals surface area contributed by atoms with Crippen LogP contribution in [-0.2, 0) is 4.79 Å². The molecule has 0 aromatic heterocycles. The van der Waals surface area contributed by atoms with Crippen molar-refractivity contribution in [2.24, 2.45) is 11.3 Å². The molecule has 0 bridgehead atoms. The van der Waals surface area contributed by atoms with Crippen LogP contribution in [-0.4, -0.2) is 5.78 Å². The van der Waals surface area contributed by atoms with E-state index >= 15 is 0 Å². The number of ketones is 1. The predicted molar refractivity (Wildman–Crippen MR) is 55.7 cm³/mol. The molecule has 0 radical (unpaired) electrons. The third-order valence-electron chi connectivity index (χ3n) is 3.31. The van der Waals surface area contributed by atoms with Crippen molar-refractivity contribution in [3.63, 3.8) is 0 Å². The Morgan fingerprint density at radius 3 is 2.23 bits per heavy atom. The summed E-state index contributed by atoms with van der Waals surface area (Å²) in [5, 5.41) is 0. The highest BCUT2D eigenvalue weighted by atomic mass is 16.1. The Morgan fingerprint density at radius 1 is 1.23 bits per heavy atom. The van der Waals surface area contributed by atoms with E-state index in [4.69, 9.17) is 0 Å². The maximum absolute atomic E-state index is 11.6. The van der Waals surface area contributed by atoms with Crippen molar-refractivity contribution in [3.05, 3.63) is 0 Å². The molecule has 1 fully saturated rings. The number of carbonyl (C=O) groups excluding carboxylic acids is 1. The van der Waals surface area contributed by atoms with Gasteiger partial charge in [-0.1, -0.05) is 40.0 Å². The second kappa shape index (κ2) is 4.26. The molecule has 1 nitrogen and oxygen atoms in total. The Labute approximate surface area is 81.9 Å². The summed E-state index contributed by atoms with van der Waals surface area (Å²) in [5.74, 6) is 0.670. The molecule has 13 heavy (non-hydrogen) atoms. The monoisotopic (exact) mass is 182 g/mol. The van der Waals surface area contributed by atoms with Crippen molar-refractivity contribution >= 4 is 5.78 Å². The molecule has 0 spiro atoms. The molecule has 76 valence electrons. The largest absolute Gasteiger partial charge is 0.299 e. The van der Waals surface area contributed by atoms with Gasteiger partial charge in [0, 0.05) is 12.3 Å². The number of carbonyl (C=O) groups is 1. The predicted octanol–water partition coefficient (Wildman–Crippen LogP) is 3.57. The van der Waals surface area contributed by atoms with Crippen LogP contribution in [0.3, 0.4) is 0 Å². The van der Waals surface area contributed by atoms with E-state index in [1.807, 2.05) is 13.8 Å². The summed E-state index contributed by atoms with van der Waals surface area (Å²) < 4.78 is 0. The van der Waals surface area contributed by atoms with Crippen LogP contribution in [0.25, 0.3) is 0 Å². The zero-order chi connectivity index (χ0) is 9.90. The van der Waals surface area contributed by atoms with E-state index in [-0.39, 0.29) is 5.92 Å².